The number of halogens is 3. The summed E-state index contributed by atoms with van der Waals surface area (Å²) in [7, 11) is 0. The first-order valence-corrected chi connectivity index (χ1v) is 6.88. The van der Waals surface area contributed by atoms with Crippen LogP contribution >= 0.6 is 0 Å². The van der Waals surface area contributed by atoms with Crippen molar-refractivity contribution in [2.24, 2.45) is 0 Å². The van der Waals surface area contributed by atoms with Crippen LogP contribution in [-0.2, 0) is 6.18 Å². The van der Waals surface area contributed by atoms with Gasteiger partial charge in [0.1, 0.15) is 5.54 Å². The zero-order chi connectivity index (χ0) is 16.2. The van der Waals surface area contributed by atoms with Crippen molar-refractivity contribution in [3.8, 4) is 6.07 Å². The summed E-state index contributed by atoms with van der Waals surface area (Å²) in [4.78, 5) is 15.5. The van der Waals surface area contributed by atoms with Crippen LogP contribution in [0.3, 0.4) is 0 Å². The molecule has 2 rings (SSSR count). The summed E-state index contributed by atoms with van der Waals surface area (Å²) in [6.07, 6.45) is 0.943. The Bertz CT molecular complexity index is 588. The number of hydrogen-bond acceptors (Lipinski definition) is 4. The normalized spacial score (nSPS) is 17.5. The van der Waals surface area contributed by atoms with E-state index in [0.29, 0.717) is 12.8 Å². The van der Waals surface area contributed by atoms with Crippen LogP contribution in [0.25, 0.3) is 0 Å². The Morgan fingerprint density at radius 2 is 2.00 bits per heavy atom. The number of nitrogens with zero attached hydrogens (tertiary/aromatic N) is 2. The first kappa shape index (κ1) is 16.2. The van der Waals surface area contributed by atoms with Crippen LogP contribution in [0, 0.1) is 11.3 Å². The van der Waals surface area contributed by atoms with Crippen LogP contribution in [0.4, 0.5) is 13.2 Å². The van der Waals surface area contributed by atoms with Gasteiger partial charge in [0.2, 0.25) is 0 Å². The second-order valence-electron chi connectivity index (χ2n) is 5.25. The van der Waals surface area contributed by atoms with Gasteiger partial charge in [0.25, 0.3) is 5.91 Å². The van der Waals surface area contributed by atoms with Crippen LogP contribution in [-0.4, -0.2) is 16.4 Å². The minimum Gasteiger partial charge on any atom is -0.286 e. The van der Waals surface area contributed by atoms with E-state index in [-0.39, 0.29) is 0 Å². The van der Waals surface area contributed by atoms with E-state index in [0.717, 1.165) is 37.7 Å². The second kappa shape index (κ2) is 6.32. The van der Waals surface area contributed by atoms with Gasteiger partial charge in [-0.2, -0.15) is 18.4 Å². The van der Waals surface area contributed by atoms with Crippen molar-refractivity contribution in [3.63, 3.8) is 0 Å². The van der Waals surface area contributed by atoms with E-state index in [9.17, 15) is 23.2 Å². The van der Waals surface area contributed by atoms with Crippen molar-refractivity contribution in [1.82, 2.24) is 15.8 Å². The summed E-state index contributed by atoms with van der Waals surface area (Å²) < 4.78 is 38.6. The van der Waals surface area contributed by atoms with Gasteiger partial charge < -0.3 is 0 Å². The van der Waals surface area contributed by atoms with Crippen LogP contribution < -0.4 is 10.9 Å². The lowest BCUT2D eigenvalue weighted by Crippen LogP contribution is -2.54. The lowest BCUT2D eigenvalue weighted by molar-refractivity contribution is -0.138. The number of nitriles is 1. The third-order valence-electron chi connectivity index (χ3n) is 3.71. The van der Waals surface area contributed by atoms with E-state index >= 15 is 0 Å². The molecule has 0 radical (unpaired) electrons. The molecule has 1 aromatic heterocycles. The van der Waals surface area contributed by atoms with Crippen LogP contribution in [0.15, 0.2) is 18.5 Å². The summed E-state index contributed by atoms with van der Waals surface area (Å²) in [5.41, 5.74) is 2.27. The fourth-order valence-corrected chi connectivity index (χ4v) is 2.49. The number of rotatable bonds is 3. The molecular formula is C14H15F3N4O. The van der Waals surface area contributed by atoms with Gasteiger partial charge >= 0.3 is 6.18 Å². The minimum atomic E-state index is -4.65. The van der Waals surface area contributed by atoms with Crippen LogP contribution in [0.1, 0.15) is 48.0 Å². The Hall–Kier alpha value is -2.14. The highest BCUT2D eigenvalue weighted by molar-refractivity contribution is 5.95. The summed E-state index contributed by atoms with van der Waals surface area (Å²) in [6.45, 7) is 0. The van der Waals surface area contributed by atoms with Gasteiger partial charge in [-0.25, -0.2) is 5.43 Å². The van der Waals surface area contributed by atoms with Gasteiger partial charge in [0.05, 0.1) is 17.2 Å². The molecule has 1 amide bonds. The van der Waals surface area contributed by atoms with E-state index in [4.69, 9.17) is 0 Å². The summed E-state index contributed by atoms with van der Waals surface area (Å²) in [5.74, 6) is -0.958. The predicted octanol–water partition coefficient (Wildman–Crippen LogP) is 2.56. The van der Waals surface area contributed by atoms with Gasteiger partial charge in [0, 0.05) is 12.4 Å². The standard InChI is InChI=1S/C14H15F3N4O/c15-14(16,17)11-4-7-19-8-10(11)12(22)20-21-13(9-18)5-2-1-3-6-13/h4,7-8,21H,1-3,5-6H2,(H,20,22). The Labute approximate surface area is 125 Å². The highest BCUT2D eigenvalue weighted by Gasteiger charge is 2.36. The maximum atomic E-state index is 12.9. The summed E-state index contributed by atoms with van der Waals surface area (Å²) in [6, 6.07) is 2.85. The Balaban J connectivity index is 2.12. The quantitative estimate of drug-likeness (QED) is 0.841. The average molecular weight is 312 g/mol. The first-order chi connectivity index (χ1) is 10.4. The summed E-state index contributed by atoms with van der Waals surface area (Å²) >= 11 is 0. The topological polar surface area (TPSA) is 77.8 Å². The monoisotopic (exact) mass is 312 g/mol. The molecule has 0 atom stereocenters. The molecule has 5 nitrogen and oxygen atoms in total. The number of carbonyl (C=O) groups excluding carboxylic acids is 1. The van der Waals surface area contributed by atoms with Crippen molar-refractivity contribution < 1.29 is 18.0 Å². The summed E-state index contributed by atoms with van der Waals surface area (Å²) in [5, 5.41) is 9.25. The van der Waals surface area contributed by atoms with Gasteiger partial charge in [-0.3, -0.25) is 15.2 Å². The third-order valence-corrected chi connectivity index (χ3v) is 3.71. The number of hydrogen-bond donors (Lipinski definition) is 2. The molecule has 1 heterocycles. The molecule has 118 valence electrons. The average Bonchev–Trinajstić information content (AvgIpc) is 2.53. The highest BCUT2D eigenvalue weighted by atomic mass is 19.4. The molecule has 0 aliphatic heterocycles. The van der Waals surface area contributed by atoms with E-state index in [1.165, 1.54) is 0 Å². The molecule has 0 saturated heterocycles. The molecule has 1 fully saturated rings. The number of hydrazine groups is 1. The van der Waals surface area contributed by atoms with Crippen molar-refractivity contribution in [1.29, 1.82) is 5.26 Å². The van der Waals surface area contributed by atoms with E-state index in [1.807, 2.05) is 0 Å². The number of pyridine rings is 1. The molecule has 2 N–H and O–H groups in total. The number of alkyl halides is 3. The maximum Gasteiger partial charge on any atom is 0.417 e. The van der Waals surface area contributed by atoms with Crippen LogP contribution in [0.5, 0.6) is 0 Å². The molecule has 8 heteroatoms. The lowest BCUT2D eigenvalue weighted by Gasteiger charge is -2.31. The smallest absolute Gasteiger partial charge is 0.286 e. The van der Waals surface area contributed by atoms with Crippen molar-refractivity contribution in [3.05, 3.63) is 29.6 Å². The fourth-order valence-electron chi connectivity index (χ4n) is 2.49. The highest BCUT2D eigenvalue weighted by Crippen LogP contribution is 2.31. The Morgan fingerprint density at radius 3 is 2.59 bits per heavy atom. The van der Waals surface area contributed by atoms with Gasteiger partial charge in [-0.1, -0.05) is 19.3 Å². The molecule has 1 aliphatic rings. The molecule has 0 unspecified atom stereocenters. The third kappa shape index (κ3) is 3.54. The molecular weight excluding hydrogens is 297 g/mol. The Kier molecular flexibility index (Phi) is 4.66. The maximum absolute atomic E-state index is 12.9. The number of amides is 1. The van der Waals surface area contributed by atoms with Gasteiger partial charge in [-0.15, -0.1) is 0 Å². The van der Waals surface area contributed by atoms with Crippen molar-refractivity contribution in [2.45, 2.75) is 43.8 Å². The first-order valence-electron chi connectivity index (χ1n) is 6.88. The molecule has 0 aromatic carbocycles. The number of carbonyl (C=O) groups is 1. The molecule has 1 aromatic rings. The van der Waals surface area contributed by atoms with E-state index in [2.05, 4.69) is 21.9 Å². The number of nitrogens with one attached hydrogen (secondary N) is 2. The van der Waals surface area contributed by atoms with E-state index in [1.54, 1.807) is 0 Å². The second-order valence-corrected chi connectivity index (χ2v) is 5.25. The lowest BCUT2D eigenvalue weighted by atomic mass is 9.83. The molecule has 0 bridgehead atoms. The minimum absolute atomic E-state index is 0.545. The SMILES string of the molecule is N#CC1(NNC(=O)c2cnccc2C(F)(F)F)CCCCC1. The molecule has 1 saturated carbocycles. The number of aromatic nitrogens is 1. The van der Waals surface area contributed by atoms with E-state index < -0.39 is 28.7 Å². The molecule has 1 aliphatic carbocycles. The van der Waals surface area contributed by atoms with Crippen molar-refractivity contribution >= 4 is 5.91 Å². The van der Waals surface area contributed by atoms with Crippen molar-refractivity contribution in [2.75, 3.05) is 0 Å². The van der Waals surface area contributed by atoms with Crippen LogP contribution in [0.2, 0.25) is 0 Å². The predicted molar refractivity (Wildman–Crippen MR) is 71.3 cm³/mol. The largest absolute Gasteiger partial charge is 0.417 e. The van der Waals surface area contributed by atoms with Gasteiger partial charge in [0.15, 0.2) is 0 Å². The Morgan fingerprint density at radius 1 is 1.32 bits per heavy atom. The fraction of sp³-hybridized carbons (Fsp3) is 0.500. The molecule has 0 spiro atoms. The molecule has 22 heavy (non-hydrogen) atoms. The van der Waals surface area contributed by atoms with Gasteiger partial charge in [-0.05, 0) is 18.9 Å². The zero-order valence-corrected chi connectivity index (χ0v) is 11.7. The zero-order valence-electron chi connectivity index (χ0n) is 11.7.